The van der Waals surface area contributed by atoms with E-state index >= 15 is 0 Å². The lowest BCUT2D eigenvalue weighted by Gasteiger charge is -2.13. The highest BCUT2D eigenvalue weighted by molar-refractivity contribution is 7.25. The van der Waals surface area contributed by atoms with Crippen molar-refractivity contribution in [3.05, 3.63) is 204 Å². The maximum absolute atomic E-state index is 5.41. The van der Waals surface area contributed by atoms with E-state index in [1.165, 1.54) is 63.9 Å². The largest absolute Gasteiger partial charge is 0.309 e. The van der Waals surface area contributed by atoms with Gasteiger partial charge in [-0.1, -0.05) is 134 Å². The summed E-state index contributed by atoms with van der Waals surface area (Å²) in [5.41, 5.74) is 13.2. The molecule has 0 saturated carbocycles. The zero-order valence-electron chi connectivity index (χ0n) is 29.8. The molecule has 0 aliphatic rings. The third-order valence-corrected chi connectivity index (χ3v) is 11.7. The number of hydrogen-bond acceptors (Lipinski definition) is 2. The summed E-state index contributed by atoms with van der Waals surface area (Å²) >= 11 is 1.84. The third-order valence-electron chi connectivity index (χ3n) is 10.6. The number of fused-ring (bicyclic) bond motifs is 8. The van der Waals surface area contributed by atoms with E-state index in [2.05, 4.69) is 182 Å². The topological polar surface area (TPSA) is 17.3 Å². The van der Waals surface area contributed by atoms with Crippen LogP contribution in [-0.4, -0.2) is 10.3 Å². The summed E-state index contributed by atoms with van der Waals surface area (Å²) < 4.78 is 4.93. The fourth-order valence-electron chi connectivity index (χ4n) is 8.17. The number of aliphatic imine (C=N–C) groups is 1. The summed E-state index contributed by atoms with van der Waals surface area (Å²) in [6.45, 7) is 6.12. The molecule has 0 fully saturated rings. The van der Waals surface area contributed by atoms with Gasteiger partial charge in [-0.05, 0) is 77.4 Å². The van der Waals surface area contributed by atoms with Crippen molar-refractivity contribution in [2.24, 2.45) is 4.99 Å². The van der Waals surface area contributed by atoms with Gasteiger partial charge in [0, 0.05) is 63.9 Å². The zero-order chi connectivity index (χ0) is 36.2. The van der Waals surface area contributed by atoms with Crippen molar-refractivity contribution in [2.45, 2.75) is 6.92 Å². The molecule has 254 valence electrons. The number of thiophene rings is 1. The van der Waals surface area contributed by atoms with Crippen LogP contribution in [0.15, 0.2) is 187 Å². The predicted molar refractivity (Wildman–Crippen MR) is 233 cm³/mol. The molecule has 0 spiro atoms. The average molecular weight is 707 g/mol. The summed E-state index contributed by atoms with van der Waals surface area (Å²) in [5.74, 6) is 0. The fraction of sp³-hybridized carbons (Fsp3) is 0.0196. The van der Waals surface area contributed by atoms with Gasteiger partial charge in [0.2, 0.25) is 0 Å². The van der Waals surface area contributed by atoms with E-state index < -0.39 is 0 Å². The Kier molecular flexibility index (Phi) is 7.70. The molecular weight excluding hydrogens is 673 g/mol. The first kappa shape index (κ1) is 31.9. The Balaban J connectivity index is 1.23. The summed E-state index contributed by atoms with van der Waals surface area (Å²) in [7, 11) is 0. The fourth-order valence-corrected chi connectivity index (χ4v) is 9.28. The highest BCUT2D eigenvalue weighted by atomic mass is 32.1. The normalized spacial score (nSPS) is 12.6. The zero-order valence-corrected chi connectivity index (χ0v) is 30.6. The number of benzene rings is 8. The van der Waals surface area contributed by atoms with Crippen molar-refractivity contribution in [1.29, 1.82) is 0 Å². The Labute approximate surface area is 317 Å². The minimum Gasteiger partial charge on any atom is -0.309 e. The van der Waals surface area contributed by atoms with Crippen molar-refractivity contribution in [2.75, 3.05) is 0 Å². The molecule has 0 N–H and O–H groups in total. The van der Waals surface area contributed by atoms with Gasteiger partial charge in [0.25, 0.3) is 0 Å². The Morgan fingerprint density at radius 1 is 0.574 bits per heavy atom. The number of hydrogen-bond donors (Lipinski definition) is 0. The molecule has 0 saturated heterocycles. The van der Waals surface area contributed by atoms with Gasteiger partial charge in [-0.3, -0.25) is 4.99 Å². The van der Waals surface area contributed by atoms with E-state index in [0.29, 0.717) is 0 Å². The molecule has 54 heavy (non-hydrogen) atoms. The van der Waals surface area contributed by atoms with E-state index in [4.69, 9.17) is 4.99 Å². The standard InChI is InChI=1S/C51H34N2S/c1-3-34-17-10-11-22-39(34)51(35-18-6-4-7-19-35)52-33(2)38-26-16-28-48-50(38)44-31-36(29-30-47(44)54-48)43-32-46-49(41-24-13-12-23-40(41)43)42-25-14-15-27-45(42)53(46)37-20-8-5-9-21-37/h4-32H,1H2,2H3/b51-39-,52-33?. The van der Waals surface area contributed by atoms with Crippen LogP contribution >= 0.6 is 11.3 Å². The second-order valence-electron chi connectivity index (χ2n) is 13.7. The predicted octanol–water partition coefficient (Wildman–Crippen LogP) is 12.2. The molecule has 2 aromatic heterocycles. The van der Waals surface area contributed by atoms with Crippen LogP contribution in [0.5, 0.6) is 0 Å². The van der Waals surface area contributed by atoms with Gasteiger partial charge >= 0.3 is 0 Å². The van der Waals surface area contributed by atoms with E-state index in [1.807, 2.05) is 29.5 Å². The van der Waals surface area contributed by atoms with Gasteiger partial charge < -0.3 is 4.57 Å². The molecule has 0 amide bonds. The van der Waals surface area contributed by atoms with Crippen molar-refractivity contribution in [1.82, 2.24) is 4.57 Å². The van der Waals surface area contributed by atoms with Crippen LogP contribution in [0.3, 0.4) is 0 Å². The monoisotopic (exact) mass is 706 g/mol. The molecule has 10 aromatic rings. The Hall–Kier alpha value is -6.77. The van der Waals surface area contributed by atoms with Crippen LogP contribution < -0.4 is 10.4 Å². The molecule has 2 nitrogen and oxygen atoms in total. The van der Waals surface area contributed by atoms with Crippen molar-refractivity contribution in [3.63, 3.8) is 0 Å². The van der Waals surface area contributed by atoms with Crippen LogP contribution in [0.2, 0.25) is 0 Å². The highest BCUT2D eigenvalue weighted by Gasteiger charge is 2.19. The number of rotatable bonds is 5. The first-order valence-corrected chi connectivity index (χ1v) is 19.1. The molecule has 8 aromatic carbocycles. The van der Waals surface area contributed by atoms with Crippen LogP contribution in [-0.2, 0) is 0 Å². The van der Waals surface area contributed by atoms with E-state index in [1.54, 1.807) is 0 Å². The van der Waals surface area contributed by atoms with E-state index in [0.717, 1.165) is 38.7 Å². The van der Waals surface area contributed by atoms with E-state index in [9.17, 15) is 0 Å². The van der Waals surface area contributed by atoms with Gasteiger partial charge in [-0.25, -0.2) is 0 Å². The van der Waals surface area contributed by atoms with Crippen LogP contribution in [0, 0.1) is 0 Å². The second kappa shape index (κ2) is 13.0. The second-order valence-corrected chi connectivity index (χ2v) is 14.8. The summed E-state index contributed by atoms with van der Waals surface area (Å²) in [6, 6.07) is 63.0. The third kappa shape index (κ3) is 5.14. The molecule has 0 atom stereocenters. The van der Waals surface area contributed by atoms with Crippen molar-refractivity contribution >= 4 is 81.2 Å². The molecule has 0 unspecified atom stereocenters. The Bertz CT molecular complexity index is 3270. The molecule has 2 heterocycles. The van der Waals surface area contributed by atoms with Gasteiger partial charge in [0.15, 0.2) is 0 Å². The molecule has 0 bridgehead atoms. The van der Waals surface area contributed by atoms with Gasteiger partial charge in [-0.15, -0.1) is 17.1 Å². The molecule has 0 aliphatic carbocycles. The first-order valence-electron chi connectivity index (χ1n) is 18.2. The lowest BCUT2D eigenvalue weighted by molar-refractivity contribution is 1.18. The quantitative estimate of drug-likeness (QED) is 0.159. The molecule has 0 aliphatic heterocycles. The first-order chi connectivity index (χ1) is 26.7. The Morgan fingerprint density at radius 2 is 1.28 bits per heavy atom. The summed E-state index contributed by atoms with van der Waals surface area (Å²) in [5, 5.41) is 9.48. The average Bonchev–Trinajstić information content (AvgIpc) is 3.78. The SMILES string of the molecule is C=C=c1cccc/c1=C(/N=C(C)c1cccc2sc3ccc(-c4cc5c(c6ccccc46)c4ccccc4n5-c4ccccc4)cc3c12)c1ccccc1. The minimum atomic E-state index is 0.908. The highest BCUT2D eigenvalue weighted by Crippen LogP contribution is 2.44. The molecule has 0 radical (unpaired) electrons. The van der Waals surface area contributed by atoms with E-state index in [-0.39, 0.29) is 0 Å². The maximum atomic E-state index is 5.41. The molecule has 3 heteroatoms. The Morgan fingerprint density at radius 3 is 2.09 bits per heavy atom. The summed E-state index contributed by atoms with van der Waals surface area (Å²) in [4.78, 5) is 5.41. The van der Waals surface area contributed by atoms with Gasteiger partial charge in [0.05, 0.1) is 16.7 Å². The van der Waals surface area contributed by atoms with Crippen LogP contribution in [0.1, 0.15) is 18.1 Å². The van der Waals surface area contributed by atoms with Gasteiger partial charge in [0.1, 0.15) is 0 Å². The van der Waals surface area contributed by atoms with Crippen LogP contribution in [0.25, 0.3) is 81.0 Å². The lowest BCUT2D eigenvalue weighted by Crippen LogP contribution is -2.25. The van der Waals surface area contributed by atoms with Crippen molar-refractivity contribution in [3.8, 4) is 16.8 Å². The lowest BCUT2D eigenvalue weighted by atomic mass is 9.93. The van der Waals surface area contributed by atoms with Crippen LogP contribution in [0.4, 0.5) is 0 Å². The van der Waals surface area contributed by atoms with Crippen molar-refractivity contribution < 1.29 is 0 Å². The maximum Gasteiger partial charge on any atom is 0.0790 e. The number of nitrogens with zero attached hydrogens (tertiary/aromatic N) is 2. The molecule has 10 rings (SSSR count). The van der Waals surface area contributed by atoms with Gasteiger partial charge in [-0.2, -0.15) is 0 Å². The number of para-hydroxylation sites is 2. The summed E-state index contributed by atoms with van der Waals surface area (Å²) in [6.07, 6.45) is 0. The smallest absolute Gasteiger partial charge is 0.0790 e. The number of aromatic nitrogens is 1. The minimum absolute atomic E-state index is 0.908. The molecular formula is C51H34N2S.